The lowest BCUT2D eigenvalue weighted by Crippen LogP contribution is -2.36. The van der Waals surface area contributed by atoms with Gasteiger partial charge in [-0.3, -0.25) is 4.79 Å². The molecule has 0 atom stereocenters. The first-order valence-corrected chi connectivity index (χ1v) is 8.35. The zero-order valence-electron chi connectivity index (χ0n) is 14.0. The Morgan fingerprint density at radius 1 is 1.00 bits per heavy atom. The van der Waals surface area contributed by atoms with Crippen LogP contribution in [0.3, 0.4) is 0 Å². The number of ether oxygens (including phenoxy) is 2. The maximum atomic E-state index is 12.5. The fraction of sp³-hybridized carbons (Fsp3) is 0.250. The molecule has 1 fully saturated rings. The van der Waals surface area contributed by atoms with Crippen LogP contribution in [0.4, 0.5) is 5.88 Å². The van der Waals surface area contributed by atoms with Crippen molar-refractivity contribution in [3.63, 3.8) is 0 Å². The fourth-order valence-corrected chi connectivity index (χ4v) is 2.95. The van der Waals surface area contributed by atoms with Gasteiger partial charge in [-0.15, -0.1) is 0 Å². The van der Waals surface area contributed by atoms with Crippen LogP contribution in [0, 0.1) is 6.92 Å². The minimum absolute atomic E-state index is 0.0713. The van der Waals surface area contributed by atoms with Crippen molar-refractivity contribution in [2.75, 3.05) is 31.2 Å². The van der Waals surface area contributed by atoms with E-state index in [0.29, 0.717) is 48.9 Å². The maximum Gasteiger partial charge on any atom is 0.200 e. The van der Waals surface area contributed by atoms with E-state index in [-0.39, 0.29) is 5.43 Å². The Bertz CT molecular complexity index is 957. The molecule has 0 aliphatic carbocycles. The number of benzene rings is 2. The van der Waals surface area contributed by atoms with Crippen LogP contribution in [0.25, 0.3) is 11.0 Å². The number of rotatable bonds is 3. The van der Waals surface area contributed by atoms with Crippen LogP contribution in [0.1, 0.15) is 5.56 Å². The van der Waals surface area contributed by atoms with Gasteiger partial charge in [-0.05, 0) is 30.7 Å². The lowest BCUT2D eigenvalue weighted by atomic mass is 10.2. The minimum atomic E-state index is -0.0713. The molecule has 128 valence electrons. The summed E-state index contributed by atoms with van der Waals surface area (Å²) < 4.78 is 17.5. The first kappa shape index (κ1) is 15.7. The Labute approximate surface area is 145 Å². The van der Waals surface area contributed by atoms with Crippen LogP contribution in [0.15, 0.2) is 57.7 Å². The van der Waals surface area contributed by atoms with E-state index in [1.54, 1.807) is 18.2 Å². The van der Waals surface area contributed by atoms with Gasteiger partial charge in [0.05, 0.1) is 18.6 Å². The van der Waals surface area contributed by atoms with Gasteiger partial charge in [-0.25, -0.2) is 0 Å². The van der Waals surface area contributed by atoms with Crippen molar-refractivity contribution >= 4 is 16.9 Å². The number of para-hydroxylation sites is 2. The summed E-state index contributed by atoms with van der Waals surface area (Å²) in [5, 5.41) is 0.517. The van der Waals surface area contributed by atoms with Crippen molar-refractivity contribution in [1.82, 2.24) is 0 Å². The van der Waals surface area contributed by atoms with E-state index in [9.17, 15) is 4.79 Å². The number of hydrogen-bond acceptors (Lipinski definition) is 5. The summed E-state index contributed by atoms with van der Waals surface area (Å²) in [5.74, 6) is 1.84. The molecule has 2 aromatic carbocycles. The third kappa shape index (κ3) is 3.10. The summed E-state index contributed by atoms with van der Waals surface area (Å²) in [6, 6.07) is 14.7. The zero-order valence-corrected chi connectivity index (χ0v) is 14.0. The van der Waals surface area contributed by atoms with Gasteiger partial charge >= 0.3 is 0 Å². The van der Waals surface area contributed by atoms with Crippen LogP contribution >= 0.6 is 0 Å². The van der Waals surface area contributed by atoms with Gasteiger partial charge in [0.1, 0.15) is 5.75 Å². The smallest absolute Gasteiger partial charge is 0.200 e. The number of anilines is 1. The van der Waals surface area contributed by atoms with Gasteiger partial charge < -0.3 is 18.8 Å². The summed E-state index contributed by atoms with van der Waals surface area (Å²) in [6.07, 6.45) is 0. The van der Waals surface area contributed by atoms with Crippen LogP contribution in [-0.2, 0) is 4.74 Å². The lowest BCUT2D eigenvalue weighted by molar-refractivity contribution is 0.121. The first-order valence-electron chi connectivity index (χ1n) is 8.35. The van der Waals surface area contributed by atoms with Crippen molar-refractivity contribution < 1.29 is 13.9 Å². The largest absolute Gasteiger partial charge is 0.453 e. The molecular weight excluding hydrogens is 318 g/mol. The molecule has 1 aliphatic heterocycles. The van der Waals surface area contributed by atoms with Crippen LogP contribution in [0.5, 0.6) is 11.5 Å². The Balaban J connectivity index is 1.80. The summed E-state index contributed by atoms with van der Waals surface area (Å²) in [4.78, 5) is 14.6. The third-order valence-electron chi connectivity index (χ3n) is 4.34. The van der Waals surface area contributed by atoms with Gasteiger partial charge in [0.15, 0.2) is 22.6 Å². The number of hydrogen-bond donors (Lipinski definition) is 0. The second kappa shape index (κ2) is 6.61. The second-order valence-corrected chi connectivity index (χ2v) is 6.05. The molecule has 4 rings (SSSR count). The summed E-state index contributed by atoms with van der Waals surface area (Å²) >= 11 is 0. The number of aryl methyl sites for hydroxylation is 1. The average Bonchev–Trinajstić information content (AvgIpc) is 2.65. The number of morpholine rings is 1. The van der Waals surface area contributed by atoms with E-state index in [4.69, 9.17) is 13.9 Å². The summed E-state index contributed by atoms with van der Waals surface area (Å²) in [7, 11) is 0. The lowest BCUT2D eigenvalue weighted by Gasteiger charge is -2.27. The summed E-state index contributed by atoms with van der Waals surface area (Å²) in [6.45, 7) is 4.65. The van der Waals surface area contributed by atoms with E-state index in [1.807, 2.05) is 42.2 Å². The Hall–Kier alpha value is -2.79. The van der Waals surface area contributed by atoms with Gasteiger partial charge in [0.2, 0.25) is 0 Å². The Morgan fingerprint density at radius 2 is 1.76 bits per heavy atom. The predicted octanol–water partition coefficient (Wildman–Crippen LogP) is 3.73. The second-order valence-electron chi connectivity index (χ2n) is 6.05. The van der Waals surface area contributed by atoms with Gasteiger partial charge in [0.25, 0.3) is 0 Å². The molecule has 0 N–H and O–H groups in total. The molecule has 5 nitrogen and oxygen atoms in total. The Morgan fingerprint density at radius 3 is 2.56 bits per heavy atom. The molecule has 25 heavy (non-hydrogen) atoms. The van der Waals surface area contributed by atoms with E-state index in [2.05, 4.69) is 0 Å². The number of fused-ring (bicyclic) bond motifs is 1. The topological polar surface area (TPSA) is 51.9 Å². The highest BCUT2D eigenvalue weighted by Gasteiger charge is 2.17. The standard InChI is InChI=1S/C20H19NO4/c1-14-5-2-3-7-17(14)24-18-8-4-6-15-16(22)13-19(25-20(15)18)21-9-11-23-12-10-21/h2-8,13H,9-12H2,1H3. The summed E-state index contributed by atoms with van der Waals surface area (Å²) in [5.41, 5.74) is 1.42. The molecule has 0 bridgehead atoms. The normalized spacial score (nSPS) is 14.7. The molecule has 0 unspecified atom stereocenters. The average molecular weight is 337 g/mol. The molecule has 0 amide bonds. The van der Waals surface area contributed by atoms with Crippen molar-refractivity contribution in [2.24, 2.45) is 0 Å². The number of nitrogens with zero attached hydrogens (tertiary/aromatic N) is 1. The van der Waals surface area contributed by atoms with E-state index in [0.717, 1.165) is 11.3 Å². The van der Waals surface area contributed by atoms with Crippen molar-refractivity contribution in [3.05, 3.63) is 64.3 Å². The molecule has 5 heteroatoms. The van der Waals surface area contributed by atoms with Crippen LogP contribution in [-0.4, -0.2) is 26.3 Å². The quantitative estimate of drug-likeness (QED) is 0.729. The van der Waals surface area contributed by atoms with Gasteiger partial charge in [-0.2, -0.15) is 0 Å². The minimum Gasteiger partial charge on any atom is -0.453 e. The fourth-order valence-electron chi connectivity index (χ4n) is 2.95. The van der Waals surface area contributed by atoms with Crippen LogP contribution < -0.4 is 15.1 Å². The predicted molar refractivity (Wildman–Crippen MR) is 96.8 cm³/mol. The first-order chi connectivity index (χ1) is 12.2. The van der Waals surface area contributed by atoms with E-state index >= 15 is 0 Å². The molecule has 3 aromatic rings. The molecular formula is C20H19NO4. The Kier molecular flexibility index (Phi) is 4.15. The molecule has 2 heterocycles. The zero-order chi connectivity index (χ0) is 17.2. The SMILES string of the molecule is Cc1ccccc1Oc1cccc2c(=O)cc(N3CCOCC3)oc12. The molecule has 1 aliphatic rings. The molecule has 0 spiro atoms. The van der Waals surface area contributed by atoms with Gasteiger partial charge in [0, 0.05) is 19.2 Å². The van der Waals surface area contributed by atoms with Gasteiger partial charge in [-0.1, -0.05) is 24.3 Å². The highest BCUT2D eigenvalue weighted by atomic mass is 16.5. The highest BCUT2D eigenvalue weighted by Crippen LogP contribution is 2.32. The molecule has 1 aromatic heterocycles. The van der Waals surface area contributed by atoms with Crippen molar-refractivity contribution in [1.29, 1.82) is 0 Å². The van der Waals surface area contributed by atoms with Crippen LogP contribution in [0.2, 0.25) is 0 Å². The molecule has 1 saturated heterocycles. The molecule has 0 saturated carbocycles. The highest BCUT2D eigenvalue weighted by molar-refractivity contribution is 5.83. The van der Waals surface area contributed by atoms with Crippen molar-refractivity contribution in [2.45, 2.75) is 6.92 Å². The maximum absolute atomic E-state index is 12.5. The van der Waals surface area contributed by atoms with Crippen molar-refractivity contribution in [3.8, 4) is 11.5 Å². The monoisotopic (exact) mass is 337 g/mol. The molecule has 0 radical (unpaired) electrons. The van der Waals surface area contributed by atoms with E-state index < -0.39 is 0 Å². The van der Waals surface area contributed by atoms with E-state index in [1.165, 1.54) is 0 Å². The third-order valence-corrected chi connectivity index (χ3v) is 4.34.